The Kier molecular flexibility index (Phi) is 5.84. The second kappa shape index (κ2) is 7.67. The molecule has 1 aromatic rings. The van der Waals surface area contributed by atoms with Gasteiger partial charge in [-0.1, -0.05) is 37.3 Å². The van der Waals surface area contributed by atoms with Crippen LogP contribution in [0, 0.1) is 17.2 Å². The van der Waals surface area contributed by atoms with E-state index in [1.165, 1.54) is 0 Å². The van der Waals surface area contributed by atoms with Crippen molar-refractivity contribution >= 4 is 6.09 Å². The summed E-state index contributed by atoms with van der Waals surface area (Å²) in [5.74, 6) is 0.358. The summed E-state index contributed by atoms with van der Waals surface area (Å²) < 4.78 is 5.51. The molecule has 5 nitrogen and oxygen atoms in total. The van der Waals surface area contributed by atoms with Gasteiger partial charge in [0.05, 0.1) is 12.1 Å². The normalized spacial score (nSPS) is 22.0. The van der Waals surface area contributed by atoms with E-state index in [-0.39, 0.29) is 12.1 Å². The first-order valence-electron chi connectivity index (χ1n) is 8.46. The molecule has 130 valence electrons. The van der Waals surface area contributed by atoms with Gasteiger partial charge >= 0.3 is 6.09 Å². The molecule has 0 saturated carbocycles. The van der Waals surface area contributed by atoms with Crippen LogP contribution < -0.4 is 5.32 Å². The molecule has 1 aliphatic heterocycles. The van der Waals surface area contributed by atoms with Crippen molar-refractivity contribution in [2.24, 2.45) is 5.92 Å². The van der Waals surface area contributed by atoms with E-state index in [0.717, 1.165) is 12.0 Å². The standard InChI is InChI=1S/C19H27N3O2/c1-14-10-17(22(13-14)18(23)24-19(2,3)4)16(11-20)21-12-15-8-6-5-7-9-15/h5-9,14,16-17,21H,10,12-13H2,1-4H3/t14-,16?,17+/m1/s1. The summed E-state index contributed by atoms with van der Waals surface area (Å²) in [5, 5.41) is 12.9. The molecular formula is C19H27N3O2. The summed E-state index contributed by atoms with van der Waals surface area (Å²) in [7, 11) is 0. The smallest absolute Gasteiger partial charge is 0.410 e. The molecule has 3 atom stereocenters. The minimum atomic E-state index is -0.535. The lowest BCUT2D eigenvalue weighted by Crippen LogP contribution is -2.49. The first kappa shape index (κ1) is 18.3. The number of benzene rings is 1. The first-order chi connectivity index (χ1) is 11.3. The van der Waals surface area contributed by atoms with E-state index in [1.807, 2.05) is 51.1 Å². The summed E-state index contributed by atoms with van der Waals surface area (Å²) in [4.78, 5) is 14.2. The second-order valence-corrected chi connectivity index (χ2v) is 7.51. The average Bonchev–Trinajstić information content (AvgIpc) is 2.89. The molecule has 1 N–H and O–H groups in total. The van der Waals surface area contributed by atoms with E-state index < -0.39 is 11.6 Å². The van der Waals surface area contributed by atoms with Crippen molar-refractivity contribution in [3.05, 3.63) is 35.9 Å². The number of rotatable bonds is 4. The molecule has 2 rings (SSSR count). The molecule has 1 aromatic carbocycles. The lowest BCUT2D eigenvalue weighted by molar-refractivity contribution is 0.0206. The molecule has 0 aliphatic carbocycles. The lowest BCUT2D eigenvalue weighted by atomic mass is 10.0. The third-order valence-corrected chi connectivity index (χ3v) is 4.07. The zero-order valence-corrected chi connectivity index (χ0v) is 15.0. The number of hydrogen-bond acceptors (Lipinski definition) is 4. The Hall–Kier alpha value is -2.06. The van der Waals surface area contributed by atoms with E-state index >= 15 is 0 Å². The Morgan fingerprint density at radius 1 is 1.42 bits per heavy atom. The molecular weight excluding hydrogens is 302 g/mol. The Bertz CT molecular complexity index is 589. The summed E-state index contributed by atoms with van der Waals surface area (Å²) >= 11 is 0. The Balaban J connectivity index is 2.04. The molecule has 1 aliphatic rings. The number of hydrogen-bond donors (Lipinski definition) is 1. The van der Waals surface area contributed by atoms with Gasteiger partial charge in [-0.15, -0.1) is 0 Å². The van der Waals surface area contributed by atoms with Gasteiger partial charge in [0.2, 0.25) is 0 Å². The molecule has 0 aromatic heterocycles. The number of carbonyl (C=O) groups is 1. The minimum absolute atomic E-state index is 0.163. The predicted octanol–water partition coefficient (Wildman–Crippen LogP) is 3.31. The maximum atomic E-state index is 12.5. The van der Waals surface area contributed by atoms with E-state index in [0.29, 0.717) is 19.0 Å². The zero-order valence-electron chi connectivity index (χ0n) is 15.0. The van der Waals surface area contributed by atoms with Gasteiger partial charge in [-0.25, -0.2) is 4.79 Å². The Morgan fingerprint density at radius 2 is 2.08 bits per heavy atom. The van der Waals surface area contributed by atoms with Crippen LogP contribution in [0.4, 0.5) is 4.79 Å². The zero-order chi connectivity index (χ0) is 17.7. The van der Waals surface area contributed by atoms with Gasteiger partial charge in [-0.2, -0.15) is 5.26 Å². The van der Waals surface area contributed by atoms with Crippen molar-refractivity contribution in [3.63, 3.8) is 0 Å². The van der Waals surface area contributed by atoms with Gasteiger partial charge in [-0.05, 0) is 38.7 Å². The summed E-state index contributed by atoms with van der Waals surface area (Å²) in [6.45, 7) is 8.90. The van der Waals surface area contributed by atoms with Crippen LogP contribution >= 0.6 is 0 Å². The topological polar surface area (TPSA) is 65.4 Å². The van der Waals surface area contributed by atoms with Crippen LogP contribution in [-0.4, -0.2) is 35.2 Å². The minimum Gasteiger partial charge on any atom is -0.444 e. The molecule has 1 amide bonds. The van der Waals surface area contributed by atoms with Gasteiger partial charge in [0.25, 0.3) is 0 Å². The third-order valence-electron chi connectivity index (χ3n) is 4.07. The highest BCUT2D eigenvalue weighted by atomic mass is 16.6. The highest BCUT2D eigenvalue weighted by Crippen LogP contribution is 2.27. The molecule has 0 bridgehead atoms. The number of ether oxygens (including phenoxy) is 1. The quantitative estimate of drug-likeness (QED) is 0.920. The Labute approximate surface area is 144 Å². The SMILES string of the molecule is C[C@@H]1C[C@@H](C(C#N)NCc2ccccc2)N(C(=O)OC(C)(C)C)C1. The fourth-order valence-corrected chi connectivity index (χ4v) is 3.02. The van der Waals surface area contributed by atoms with Crippen LogP contribution in [0.3, 0.4) is 0 Å². The number of amides is 1. The summed E-state index contributed by atoms with van der Waals surface area (Å²) in [5.41, 5.74) is 0.584. The number of nitrogens with zero attached hydrogens (tertiary/aromatic N) is 2. The molecule has 24 heavy (non-hydrogen) atoms. The number of nitriles is 1. The maximum Gasteiger partial charge on any atom is 0.410 e. The van der Waals surface area contributed by atoms with Crippen LogP contribution in [0.25, 0.3) is 0 Å². The molecule has 1 fully saturated rings. The molecule has 0 spiro atoms. The summed E-state index contributed by atoms with van der Waals surface area (Å²) in [6, 6.07) is 11.7. The third kappa shape index (κ3) is 4.97. The van der Waals surface area contributed by atoms with Gasteiger partial charge in [0.1, 0.15) is 11.6 Å². The van der Waals surface area contributed by atoms with Crippen LogP contribution in [0.5, 0.6) is 0 Å². The van der Waals surface area contributed by atoms with E-state index in [9.17, 15) is 10.1 Å². The molecule has 1 heterocycles. The highest BCUT2D eigenvalue weighted by Gasteiger charge is 2.40. The second-order valence-electron chi connectivity index (χ2n) is 7.51. The van der Waals surface area contributed by atoms with E-state index in [1.54, 1.807) is 4.90 Å². The van der Waals surface area contributed by atoms with Gasteiger partial charge in [-0.3, -0.25) is 5.32 Å². The van der Waals surface area contributed by atoms with Crippen molar-refractivity contribution in [1.29, 1.82) is 5.26 Å². The van der Waals surface area contributed by atoms with Crippen LogP contribution in [-0.2, 0) is 11.3 Å². The molecule has 1 unspecified atom stereocenters. The fraction of sp³-hybridized carbons (Fsp3) is 0.579. The van der Waals surface area contributed by atoms with E-state index in [2.05, 4.69) is 18.3 Å². The molecule has 1 saturated heterocycles. The largest absolute Gasteiger partial charge is 0.444 e. The predicted molar refractivity (Wildman–Crippen MR) is 93.2 cm³/mol. The van der Waals surface area contributed by atoms with Crippen molar-refractivity contribution in [3.8, 4) is 6.07 Å². The average molecular weight is 329 g/mol. The van der Waals surface area contributed by atoms with Gasteiger partial charge in [0.15, 0.2) is 0 Å². The van der Waals surface area contributed by atoms with Crippen LogP contribution in [0.15, 0.2) is 30.3 Å². The highest BCUT2D eigenvalue weighted by molar-refractivity contribution is 5.69. The molecule has 0 radical (unpaired) electrons. The monoisotopic (exact) mass is 329 g/mol. The van der Waals surface area contributed by atoms with Crippen LogP contribution in [0.2, 0.25) is 0 Å². The first-order valence-corrected chi connectivity index (χ1v) is 8.46. The number of likely N-dealkylation sites (tertiary alicyclic amines) is 1. The van der Waals surface area contributed by atoms with Gasteiger partial charge < -0.3 is 9.64 Å². The van der Waals surface area contributed by atoms with Gasteiger partial charge in [0, 0.05) is 13.1 Å². The van der Waals surface area contributed by atoms with Crippen molar-refractivity contribution in [2.45, 2.75) is 58.3 Å². The Morgan fingerprint density at radius 3 is 2.67 bits per heavy atom. The van der Waals surface area contributed by atoms with E-state index in [4.69, 9.17) is 4.74 Å². The number of carbonyl (C=O) groups excluding carboxylic acids is 1. The van der Waals surface area contributed by atoms with Crippen molar-refractivity contribution < 1.29 is 9.53 Å². The molecule has 5 heteroatoms. The van der Waals surface area contributed by atoms with Crippen LogP contribution in [0.1, 0.15) is 39.7 Å². The van der Waals surface area contributed by atoms with Crippen molar-refractivity contribution in [1.82, 2.24) is 10.2 Å². The van der Waals surface area contributed by atoms with Crippen molar-refractivity contribution in [2.75, 3.05) is 6.54 Å². The maximum absolute atomic E-state index is 12.5. The lowest BCUT2D eigenvalue weighted by Gasteiger charge is -2.31. The fourth-order valence-electron chi connectivity index (χ4n) is 3.02. The number of nitrogens with one attached hydrogen (secondary N) is 1. The summed E-state index contributed by atoms with van der Waals surface area (Å²) in [6.07, 6.45) is 0.470.